The summed E-state index contributed by atoms with van der Waals surface area (Å²) in [6, 6.07) is 0. The molecule has 25 heavy (non-hydrogen) atoms. The molecule has 3 aliphatic carbocycles. The number of hydrogen-bond donors (Lipinski definition) is 1. The summed E-state index contributed by atoms with van der Waals surface area (Å²) in [5.41, 5.74) is -0.155. The molecule has 1 N–H and O–H groups in total. The summed E-state index contributed by atoms with van der Waals surface area (Å²) >= 11 is 0. The molecule has 5 atom stereocenters. The number of ketones is 2. The minimum atomic E-state index is -0.622. The van der Waals surface area contributed by atoms with Gasteiger partial charge in [-0.25, -0.2) is 0 Å². The van der Waals surface area contributed by atoms with Crippen molar-refractivity contribution in [1.29, 1.82) is 0 Å². The summed E-state index contributed by atoms with van der Waals surface area (Å²) in [6.45, 7) is 6.47. The second kappa shape index (κ2) is 6.39. The lowest BCUT2D eigenvalue weighted by Crippen LogP contribution is -2.53. The molecule has 138 valence electrons. The van der Waals surface area contributed by atoms with Gasteiger partial charge in [-0.15, -0.1) is 0 Å². The molecule has 0 saturated heterocycles. The Morgan fingerprint density at radius 2 is 1.88 bits per heavy atom. The predicted octanol–water partition coefficient (Wildman–Crippen LogP) is 3.59. The largest absolute Gasteiger partial charge is 0.493 e. The fourth-order valence-corrected chi connectivity index (χ4v) is 5.56. The third kappa shape index (κ3) is 3.10. The molecule has 0 bridgehead atoms. The first-order valence-electron chi connectivity index (χ1n) is 9.46. The van der Waals surface area contributed by atoms with Gasteiger partial charge in [-0.2, -0.15) is 0 Å². The minimum absolute atomic E-state index is 0.0920. The molecule has 0 aromatic rings. The van der Waals surface area contributed by atoms with Crippen LogP contribution < -0.4 is 0 Å². The molecule has 3 aliphatic rings. The number of hydrogen-bond acceptors (Lipinski definition) is 4. The average molecular weight is 346 g/mol. The molecule has 0 aromatic heterocycles. The van der Waals surface area contributed by atoms with Crippen molar-refractivity contribution in [2.45, 2.75) is 64.9 Å². The molecule has 0 radical (unpaired) electrons. The highest BCUT2D eigenvalue weighted by atomic mass is 16.5. The fraction of sp³-hybridized carbons (Fsp3) is 0.714. The van der Waals surface area contributed by atoms with E-state index in [4.69, 9.17) is 4.74 Å². The van der Waals surface area contributed by atoms with E-state index in [1.165, 1.54) is 19.3 Å². The number of aliphatic hydroxyl groups is 1. The molecule has 0 spiro atoms. The monoisotopic (exact) mass is 346 g/mol. The molecule has 4 nitrogen and oxygen atoms in total. The molecule has 0 amide bonds. The quantitative estimate of drug-likeness (QED) is 0.793. The third-order valence-corrected chi connectivity index (χ3v) is 7.26. The van der Waals surface area contributed by atoms with Gasteiger partial charge in [-0.3, -0.25) is 9.59 Å². The van der Waals surface area contributed by atoms with Crippen molar-refractivity contribution in [2.75, 3.05) is 7.11 Å². The summed E-state index contributed by atoms with van der Waals surface area (Å²) < 4.78 is 5.10. The maximum absolute atomic E-state index is 12.6. The highest BCUT2D eigenvalue weighted by Crippen LogP contribution is 2.58. The van der Waals surface area contributed by atoms with Crippen molar-refractivity contribution in [3.63, 3.8) is 0 Å². The maximum Gasteiger partial charge on any atom is 0.223 e. The summed E-state index contributed by atoms with van der Waals surface area (Å²) in [5.74, 6) is 0.895. The number of methoxy groups -OCH3 is 1. The third-order valence-electron chi connectivity index (χ3n) is 7.26. The highest BCUT2D eigenvalue weighted by molar-refractivity contribution is 6.19. The van der Waals surface area contributed by atoms with E-state index in [1.54, 1.807) is 0 Å². The Morgan fingerprint density at radius 3 is 2.56 bits per heavy atom. The Hall–Kier alpha value is -1.42. The average Bonchev–Trinajstić information content (AvgIpc) is 2.54. The molecule has 3 rings (SSSR count). The van der Waals surface area contributed by atoms with Gasteiger partial charge in [0.2, 0.25) is 5.78 Å². The lowest BCUT2D eigenvalue weighted by Gasteiger charge is -2.57. The highest BCUT2D eigenvalue weighted by Gasteiger charge is 2.53. The van der Waals surface area contributed by atoms with Crippen LogP contribution in [-0.2, 0) is 14.3 Å². The van der Waals surface area contributed by atoms with E-state index in [0.29, 0.717) is 23.8 Å². The second-order valence-electron chi connectivity index (χ2n) is 8.74. The first-order chi connectivity index (χ1) is 11.7. The SMILES string of the molecule is COC1=CC(=O)C=C(CC2(C)C(C)CCC3C2CCCC3(C)O)C1=O. The topological polar surface area (TPSA) is 63.6 Å². The minimum Gasteiger partial charge on any atom is -0.493 e. The first-order valence-corrected chi connectivity index (χ1v) is 9.46. The molecular formula is C21H30O4. The number of rotatable bonds is 3. The van der Waals surface area contributed by atoms with Crippen LogP contribution in [0.25, 0.3) is 0 Å². The summed E-state index contributed by atoms with van der Waals surface area (Å²) in [6.07, 6.45) is 8.39. The van der Waals surface area contributed by atoms with E-state index in [1.807, 2.05) is 6.92 Å². The van der Waals surface area contributed by atoms with Crippen molar-refractivity contribution in [3.8, 4) is 0 Å². The maximum atomic E-state index is 12.6. The van der Waals surface area contributed by atoms with E-state index in [2.05, 4.69) is 13.8 Å². The Bertz CT molecular complexity index is 642. The zero-order valence-electron chi connectivity index (χ0n) is 15.8. The van der Waals surface area contributed by atoms with Gasteiger partial charge < -0.3 is 9.84 Å². The normalized spacial score (nSPS) is 41.7. The van der Waals surface area contributed by atoms with Gasteiger partial charge in [-0.1, -0.05) is 20.3 Å². The number of Topliss-reactive ketones (excluding diaryl/α,β-unsaturated/α-hetero) is 1. The molecule has 0 heterocycles. The lowest BCUT2D eigenvalue weighted by atomic mass is 9.49. The van der Waals surface area contributed by atoms with Crippen LogP contribution in [0.4, 0.5) is 0 Å². The predicted molar refractivity (Wildman–Crippen MR) is 95.8 cm³/mol. The van der Waals surface area contributed by atoms with Crippen molar-refractivity contribution < 1.29 is 19.4 Å². The van der Waals surface area contributed by atoms with Gasteiger partial charge in [0.25, 0.3) is 0 Å². The van der Waals surface area contributed by atoms with E-state index >= 15 is 0 Å². The smallest absolute Gasteiger partial charge is 0.223 e. The van der Waals surface area contributed by atoms with Crippen molar-refractivity contribution >= 4 is 11.6 Å². The van der Waals surface area contributed by atoms with Crippen LogP contribution in [0.3, 0.4) is 0 Å². The number of carbonyl (C=O) groups is 2. The van der Waals surface area contributed by atoms with E-state index in [-0.39, 0.29) is 28.7 Å². The van der Waals surface area contributed by atoms with Gasteiger partial charge in [-0.05, 0) is 68.3 Å². The number of carbonyl (C=O) groups excluding carboxylic acids is 2. The van der Waals surface area contributed by atoms with Crippen LogP contribution in [0, 0.1) is 23.2 Å². The van der Waals surface area contributed by atoms with Gasteiger partial charge in [0.1, 0.15) is 0 Å². The second-order valence-corrected chi connectivity index (χ2v) is 8.74. The zero-order chi connectivity index (χ0) is 18.4. The van der Waals surface area contributed by atoms with Gasteiger partial charge in [0.05, 0.1) is 12.7 Å². The zero-order valence-corrected chi connectivity index (χ0v) is 15.8. The summed E-state index contributed by atoms with van der Waals surface area (Å²) in [7, 11) is 1.43. The Kier molecular flexibility index (Phi) is 4.69. The Morgan fingerprint density at radius 1 is 1.16 bits per heavy atom. The summed E-state index contributed by atoms with van der Waals surface area (Å²) in [4.78, 5) is 24.6. The molecule has 5 unspecified atom stereocenters. The molecule has 4 heteroatoms. The Balaban J connectivity index is 1.91. The van der Waals surface area contributed by atoms with Crippen molar-refractivity contribution in [1.82, 2.24) is 0 Å². The number of fused-ring (bicyclic) bond motifs is 1. The molecule has 2 saturated carbocycles. The molecule has 0 aliphatic heterocycles. The number of ether oxygens (including phenoxy) is 1. The van der Waals surface area contributed by atoms with E-state index < -0.39 is 5.60 Å². The van der Waals surface area contributed by atoms with Crippen molar-refractivity contribution in [2.24, 2.45) is 23.2 Å². The molecule has 2 fully saturated rings. The van der Waals surface area contributed by atoms with Crippen LogP contribution in [-0.4, -0.2) is 29.4 Å². The molecule has 0 aromatic carbocycles. The van der Waals surface area contributed by atoms with Crippen LogP contribution in [0.1, 0.15) is 59.3 Å². The van der Waals surface area contributed by atoms with Crippen LogP contribution in [0.15, 0.2) is 23.5 Å². The van der Waals surface area contributed by atoms with Crippen LogP contribution >= 0.6 is 0 Å². The van der Waals surface area contributed by atoms with Gasteiger partial charge >= 0.3 is 0 Å². The molecular weight excluding hydrogens is 316 g/mol. The van der Waals surface area contributed by atoms with Crippen LogP contribution in [0.5, 0.6) is 0 Å². The van der Waals surface area contributed by atoms with Crippen molar-refractivity contribution in [3.05, 3.63) is 23.5 Å². The fourth-order valence-electron chi connectivity index (χ4n) is 5.56. The Labute approximate surface area is 150 Å². The summed E-state index contributed by atoms with van der Waals surface area (Å²) in [5, 5.41) is 10.9. The first kappa shape index (κ1) is 18.4. The van der Waals surface area contributed by atoms with Gasteiger partial charge in [0, 0.05) is 11.6 Å². The van der Waals surface area contributed by atoms with Crippen LogP contribution in [0.2, 0.25) is 0 Å². The van der Waals surface area contributed by atoms with E-state index in [9.17, 15) is 14.7 Å². The lowest BCUT2D eigenvalue weighted by molar-refractivity contribution is -0.132. The van der Waals surface area contributed by atoms with E-state index in [0.717, 1.165) is 32.1 Å². The van der Waals surface area contributed by atoms with Gasteiger partial charge in [0.15, 0.2) is 11.5 Å². The standard InChI is InChI=1S/C21H30O4/c1-13-7-8-17-16(6-5-9-21(17,3)24)20(13,2)12-14-10-15(22)11-18(25-4)19(14)23/h10-11,13,16-17,24H,5-9,12H2,1-4H3. The number of allylic oxidation sites excluding steroid dienone is 3.